The van der Waals surface area contributed by atoms with Crippen LogP contribution in [0.3, 0.4) is 0 Å². The van der Waals surface area contributed by atoms with E-state index in [0.717, 1.165) is 11.1 Å². The number of hydrogen-bond acceptors (Lipinski definition) is 1. The van der Waals surface area contributed by atoms with Crippen molar-refractivity contribution in [2.24, 2.45) is 0 Å². The lowest BCUT2D eigenvalue weighted by Gasteiger charge is -2.15. The molecule has 1 nitrogen and oxygen atoms in total. The van der Waals surface area contributed by atoms with Crippen LogP contribution in [0.4, 0.5) is 8.78 Å². The molecule has 0 saturated heterocycles. The lowest BCUT2D eigenvalue weighted by atomic mass is 9.90. The van der Waals surface area contributed by atoms with E-state index in [1.807, 2.05) is 0 Å². The molecule has 0 spiro atoms. The van der Waals surface area contributed by atoms with Crippen molar-refractivity contribution in [1.82, 2.24) is 0 Å². The zero-order valence-electron chi connectivity index (χ0n) is 11.8. The van der Waals surface area contributed by atoms with Crippen LogP contribution in [-0.2, 0) is 6.61 Å². The summed E-state index contributed by atoms with van der Waals surface area (Å²) in [6.07, 6.45) is 0. The van der Waals surface area contributed by atoms with Gasteiger partial charge in [0.1, 0.15) is 11.6 Å². The van der Waals surface area contributed by atoms with Gasteiger partial charge in [-0.1, -0.05) is 48.5 Å². The molecule has 0 aromatic heterocycles. The highest BCUT2D eigenvalue weighted by molar-refractivity contribution is 5.85. The number of halogens is 2. The van der Waals surface area contributed by atoms with Gasteiger partial charge in [0, 0.05) is 5.56 Å². The van der Waals surface area contributed by atoms with Gasteiger partial charge in [-0.05, 0) is 40.5 Å². The maximum absolute atomic E-state index is 14.1. The van der Waals surface area contributed by atoms with Gasteiger partial charge in [0.05, 0.1) is 6.61 Å². The van der Waals surface area contributed by atoms with E-state index in [1.54, 1.807) is 48.5 Å². The lowest BCUT2D eigenvalue weighted by molar-refractivity contribution is 0.282. The second kappa shape index (κ2) is 6.08. The summed E-state index contributed by atoms with van der Waals surface area (Å²) >= 11 is 0. The fourth-order valence-electron chi connectivity index (χ4n) is 2.59. The van der Waals surface area contributed by atoms with Crippen molar-refractivity contribution in [2.45, 2.75) is 6.61 Å². The molecule has 0 radical (unpaired) electrons. The van der Waals surface area contributed by atoms with Gasteiger partial charge in [0.2, 0.25) is 0 Å². The number of aliphatic hydroxyl groups excluding tert-OH is 1. The largest absolute Gasteiger partial charge is 0.392 e. The van der Waals surface area contributed by atoms with Crippen molar-refractivity contribution in [1.29, 1.82) is 0 Å². The topological polar surface area (TPSA) is 20.2 Å². The summed E-state index contributed by atoms with van der Waals surface area (Å²) in [5.74, 6) is -0.668. The van der Waals surface area contributed by atoms with Crippen molar-refractivity contribution in [3.05, 3.63) is 83.9 Å². The van der Waals surface area contributed by atoms with Crippen LogP contribution in [0.25, 0.3) is 22.3 Å². The first kappa shape index (κ1) is 14.4. The number of benzene rings is 3. The molecule has 3 aromatic rings. The van der Waals surface area contributed by atoms with Crippen molar-refractivity contribution >= 4 is 0 Å². The monoisotopic (exact) mass is 296 g/mol. The molecule has 0 saturated carbocycles. The van der Waals surface area contributed by atoms with E-state index < -0.39 is 0 Å². The van der Waals surface area contributed by atoms with Gasteiger partial charge < -0.3 is 5.11 Å². The molecule has 3 heteroatoms. The highest BCUT2D eigenvalue weighted by atomic mass is 19.1. The second-order valence-electron chi connectivity index (χ2n) is 4.98. The SMILES string of the molecule is OCc1cccc(-c2ccccc2F)c1-c1ccc(F)cc1. The molecule has 0 unspecified atom stereocenters. The molecule has 0 fully saturated rings. The van der Waals surface area contributed by atoms with Crippen LogP contribution >= 0.6 is 0 Å². The van der Waals surface area contributed by atoms with Crippen LogP contribution in [-0.4, -0.2) is 5.11 Å². The molecule has 0 heterocycles. The highest BCUT2D eigenvalue weighted by Crippen LogP contribution is 2.36. The molecule has 3 rings (SSSR count). The molecular formula is C19H14F2O. The molecule has 0 aliphatic heterocycles. The van der Waals surface area contributed by atoms with Crippen molar-refractivity contribution in [3.8, 4) is 22.3 Å². The molecule has 1 N–H and O–H groups in total. The van der Waals surface area contributed by atoms with Crippen LogP contribution in [0, 0.1) is 11.6 Å². The Bertz CT molecular complexity index is 795. The summed E-state index contributed by atoms with van der Waals surface area (Å²) < 4.78 is 27.3. The minimum absolute atomic E-state index is 0.172. The van der Waals surface area contributed by atoms with Crippen LogP contribution in [0.5, 0.6) is 0 Å². The van der Waals surface area contributed by atoms with Gasteiger partial charge in [-0.25, -0.2) is 8.78 Å². The minimum Gasteiger partial charge on any atom is -0.392 e. The van der Waals surface area contributed by atoms with Gasteiger partial charge in [0.25, 0.3) is 0 Å². The van der Waals surface area contributed by atoms with E-state index in [-0.39, 0.29) is 18.2 Å². The first-order valence-electron chi connectivity index (χ1n) is 6.94. The molecule has 110 valence electrons. The van der Waals surface area contributed by atoms with E-state index >= 15 is 0 Å². The Morgan fingerprint density at radius 1 is 0.727 bits per heavy atom. The molecule has 0 amide bonds. The minimum atomic E-state index is -0.335. The average Bonchev–Trinajstić information content (AvgIpc) is 2.55. The van der Waals surface area contributed by atoms with Crippen molar-refractivity contribution in [3.63, 3.8) is 0 Å². The predicted octanol–water partition coefficient (Wildman–Crippen LogP) is 4.79. The fourth-order valence-corrected chi connectivity index (χ4v) is 2.59. The Balaban J connectivity index is 2.28. The fraction of sp³-hybridized carbons (Fsp3) is 0.0526. The van der Waals surface area contributed by atoms with Crippen LogP contribution in [0.2, 0.25) is 0 Å². The Morgan fingerprint density at radius 3 is 2.09 bits per heavy atom. The van der Waals surface area contributed by atoms with E-state index in [4.69, 9.17) is 0 Å². The summed E-state index contributed by atoms with van der Waals surface area (Å²) in [5, 5.41) is 9.61. The smallest absolute Gasteiger partial charge is 0.131 e. The average molecular weight is 296 g/mol. The first-order chi connectivity index (χ1) is 10.7. The third kappa shape index (κ3) is 2.63. The molecule has 0 aliphatic carbocycles. The Hall–Kier alpha value is -2.52. The van der Waals surface area contributed by atoms with E-state index in [2.05, 4.69) is 0 Å². The molecule has 3 aromatic carbocycles. The predicted molar refractivity (Wildman–Crippen MR) is 83.2 cm³/mol. The summed E-state index contributed by atoms with van der Waals surface area (Å²) in [7, 11) is 0. The van der Waals surface area contributed by atoms with Gasteiger partial charge in [-0.2, -0.15) is 0 Å². The Morgan fingerprint density at radius 2 is 1.41 bits per heavy atom. The zero-order chi connectivity index (χ0) is 15.5. The summed E-state index contributed by atoms with van der Waals surface area (Å²) in [6.45, 7) is -0.172. The van der Waals surface area contributed by atoms with Gasteiger partial charge in [-0.15, -0.1) is 0 Å². The third-order valence-electron chi connectivity index (χ3n) is 3.62. The molecule has 0 bridgehead atoms. The number of aliphatic hydroxyl groups is 1. The lowest BCUT2D eigenvalue weighted by Crippen LogP contribution is -1.95. The maximum atomic E-state index is 14.1. The summed E-state index contributed by atoms with van der Waals surface area (Å²) in [4.78, 5) is 0. The standard InChI is InChI=1S/C19H14F2O/c20-15-10-8-13(9-11-15)19-14(12-22)4-3-6-17(19)16-5-1-2-7-18(16)21/h1-11,22H,12H2. The van der Waals surface area contributed by atoms with Gasteiger partial charge in [-0.3, -0.25) is 0 Å². The molecule has 22 heavy (non-hydrogen) atoms. The third-order valence-corrected chi connectivity index (χ3v) is 3.62. The molecule has 0 aliphatic rings. The normalized spacial score (nSPS) is 10.7. The zero-order valence-corrected chi connectivity index (χ0v) is 11.8. The first-order valence-corrected chi connectivity index (χ1v) is 6.94. The van der Waals surface area contributed by atoms with E-state index in [0.29, 0.717) is 16.7 Å². The van der Waals surface area contributed by atoms with Crippen LogP contribution in [0.1, 0.15) is 5.56 Å². The second-order valence-corrected chi connectivity index (χ2v) is 4.98. The quantitative estimate of drug-likeness (QED) is 0.736. The van der Waals surface area contributed by atoms with E-state index in [1.165, 1.54) is 18.2 Å². The van der Waals surface area contributed by atoms with Gasteiger partial charge >= 0.3 is 0 Å². The van der Waals surface area contributed by atoms with Crippen LogP contribution in [0.15, 0.2) is 66.7 Å². The highest BCUT2D eigenvalue weighted by Gasteiger charge is 2.14. The van der Waals surface area contributed by atoms with E-state index in [9.17, 15) is 13.9 Å². The summed E-state index contributed by atoms with van der Waals surface area (Å²) in [6, 6.07) is 17.8. The number of hydrogen-bond donors (Lipinski definition) is 1. The van der Waals surface area contributed by atoms with Crippen LogP contribution < -0.4 is 0 Å². The summed E-state index contributed by atoms with van der Waals surface area (Å²) in [5.41, 5.74) is 3.26. The Labute approximate surface area is 127 Å². The van der Waals surface area contributed by atoms with Crippen molar-refractivity contribution in [2.75, 3.05) is 0 Å². The molecular weight excluding hydrogens is 282 g/mol. The Kier molecular flexibility index (Phi) is 3.98. The van der Waals surface area contributed by atoms with Crippen molar-refractivity contribution < 1.29 is 13.9 Å². The maximum Gasteiger partial charge on any atom is 0.131 e. The van der Waals surface area contributed by atoms with Gasteiger partial charge in [0.15, 0.2) is 0 Å². The number of rotatable bonds is 3. The molecule has 0 atom stereocenters.